The lowest BCUT2D eigenvalue weighted by Crippen LogP contribution is -2.50. The molecule has 0 radical (unpaired) electrons. The third-order valence-electron chi connectivity index (χ3n) is 3.31. The molecule has 0 amide bonds. The summed E-state index contributed by atoms with van der Waals surface area (Å²) >= 11 is 0. The number of likely N-dealkylation sites (N-methyl/N-ethyl adjacent to an activating group) is 1. The Bertz CT molecular complexity index is 362. The predicted octanol–water partition coefficient (Wildman–Crippen LogP) is -0.754. The van der Waals surface area contributed by atoms with Gasteiger partial charge in [0.2, 0.25) is 0 Å². The molecule has 0 spiro atoms. The zero-order chi connectivity index (χ0) is 15.0. The molecule has 0 saturated carbocycles. The van der Waals surface area contributed by atoms with Crippen molar-refractivity contribution in [1.82, 2.24) is 13.9 Å². The topological polar surface area (TPSA) is 82.1 Å². The molecule has 1 aliphatic heterocycles. The molecular weight excluding hydrogens is 282 g/mol. The summed E-state index contributed by atoms with van der Waals surface area (Å²) in [5, 5.41) is 9.26. The van der Waals surface area contributed by atoms with E-state index in [2.05, 4.69) is 4.72 Å². The van der Waals surface area contributed by atoms with Crippen LogP contribution in [-0.2, 0) is 14.9 Å². The van der Waals surface area contributed by atoms with Crippen LogP contribution in [0.3, 0.4) is 0 Å². The average molecular weight is 309 g/mol. The molecule has 2 N–H and O–H groups in total. The number of hydrogen-bond donors (Lipinski definition) is 2. The van der Waals surface area contributed by atoms with Gasteiger partial charge in [-0.25, -0.2) is 0 Å². The van der Waals surface area contributed by atoms with Gasteiger partial charge in [-0.3, -0.25) is 0 Å². The van der Waals surface area contributed by atoms with Gasteiger partial charge in [-0.15, -0.1) is 0 Å². The molecule has 0 aromatic heterocycles. The molecular formula is C12H27N3O4S. The van der Waals surface area contributed by atoms with E-state index >= 15 is 0 Å². The van der Waals surface area contributed by atoms with E-state index in [1.807, 2.05) is 19.0 Å². The van der Waals surface area contributed by atoms with E-state index in [9.17, 15) is 13.5 Å². The van der Waals surface area contributed by atoms with Crippen molar-refractivity contribution < 1.29 is 18.3 Å². The van der Waals surface area contributed by atoms with Crippen molar-refractivity contribution in [2.75, 3.05) is 53.6 Å². The lowest BCUT2D eigenvalue weighted by Gasteiger charge is -2.33. The van der Waals surface area contributed by atoms with Gasteiger partial charge >= 0.3 is 0 Å². The first-order chi connectivity index (χ1) is 9.47. The Kier molecular flexibility index (Phi) is 7.93. The molecule has 1 saturated heterocycles. The fourth-order valence-electron chi connectivity index (χ4n) is 2.15. The Morgan fingerprint density at radius 2 is 2.10 bits per heavy atom. The van der Waals surface area contributed by atoms with Gasteiger partial charge in [0.25, 0.3) is 10.2 Å². The van der Waals surface area contributed by atoms with Crippen LogP contribution in [0.2, 0.25) is 0 Å². The molecule has 1 aliphatic rings. The molecule has 0 bridgehead atoms. The summed E-state index contributed by atoms with van der Waals surface area (Å²) in [6, 6.07) is -0.295. The van der Waals surface area contributed by atoms with E-state index in [0.717, 1.165) is 25.8 Å². The summed E-state index contributed by atoms with van der Waals surface area (Å²) in [6.45, 7) is 2.35. The fourth-order valence-corrected chi connectivity index (χ4v) is 3.59. The van der Waals surface area contributed by atoms with Crippen LogP contribution in [0, 0.1) is 0 Å². The summed E-state index contributed by atoms with van der Waals surface area (Å²) in [5.74, 6) is 0. The van der Waals surface area contributed by atoms with Gasteiger partial charge in [-0.05, 0) is 26.9 Å². The van der Waals surface area contributed by atoms with Crippen molar-refractivity contribution in [3.63, 3.8) is 0 Å². The van der Waals surface area contributed by atoms with Crippen LogP contribution in [0.15, 0.2) is 0 Å². The van der Waals surface area contributed by atoms with Crippen LogP contribution in [0.1, 0.15) is 19.3 Å². The highest BCUT2D eigenvalue weighted by atomic mass is 32.2. The van der Waals surface area contributed by atoms with Gasteiger partial charge in [-0.1, -0.05) is 6.42 Å². The monoisotopic (exact) mass is 309 g/mol. The minimum atomic E-state index is -3.52. The van der Waals surface area contributed by atoms with Crippen molar-refractivity contribution in [1.29, 1.82) is 0 Å². The minimum Gasteiger partial charge on any atom is -0.395 e. The van der Waals surface area contributed by atoms with Crippen LogP contribution in [0.4, 0.5) is 0 Å². The first kappa shape index (κ1) is 17.8. The van der Waals surface area contributed by atoms with Crippen molar-refractivity contribution in [2.24, 2.45) is 0 Å². The van der Waals surface area contributed by atoms with Crippen LogP contribution >= 0.6 is 0 Å². The Labute approximate surface area is 122 Å². The normalized spacial score (nSPS) is 21.5. The second kappa shape index (κ2) is 8.91. The highest BCUT2D eigenvalue weighted by molar-refractivity contribution is 7.87. The maximum atomic E-state index is 12.1. The second-order valence-corrected chi connectivity index (χ2v) is 6.97. The van der Waals surface area contributed by atoms with Crippen LogP contribution in [0.25, 0.3) is 0 Å². The Morgan fingerprint density at radius 3 is 2.75 bits per heavy atom. The predicted molar refractivity (Wildman–Crippen MR) is 77.7 cm³/mol. The van der Waals surface area contributed by atoms with Gasteiger partial charge in [-0.2, -0.15) is 17.4 Å². The third-order valence-corrected chi connectivity index (χ3v) is 4.97. The van der Waals surface area contributed by atoms with E-state index in [-0.39, 0.29) is 19.2 Å². The quantitative estimate of drug-likeness (QED) is 0.548. The number of rotatable bonds is 9. The summed E-state index contributed by atoms with van der Waals surface area (Å²) in [6.07, 6.45) is 2.53. The highest BCUT2D eigenvalue weighted by Gasteiger charge is 2.31. The third kappa shape index (κ3) is 6.02. The van der Waals surface area contributed by atoms with Gasteiger partial charge in [0.05, 0.1) is 19.8 Å². The lowest BCUT2D eigenvalue weighted by molar-refractivity contribution is 0.121. The van der Waals surface area contributed by atoms with Gasteiger partial charge < -0.3 is 14.7 Å². The molecule has 1 fully saturated rings. The van der Waals surface area contributed by atoms with Crippen LogP contribution < -0.4 is 4.72 Å². The smallest absolute Gasteiger partial charge is 0.279 e. The van der Waals surface area contributed by atoms with Crippen molar-refractivity contribution in [2.45, 2.75) is 25.3 Å². The van der Waals surface area contributed by atoms with Crippen LogP contribution in [0.5, 0.6) is 0 Å². The van der Waals surface area contributed by atoms with Gasteiger partial charge in [0, 0.05) is 25.7 Å². The van der Waals surface area contributed by atoms with E-state index in [4.69, 9.17) is 4.74 Å². The summed E-state index contributed by atoms with van der Waals surface area (Å²) in [5.41, 5.74) is 0. The van der Waals surface area contributed by atoms with Crippen molar-refractivity contribution in [3.8, 4) is 0 Å². The number of hydrogen-bond acceptors (Lipinski definition) is 5. The molecule has 120 valence electrons. The number of aliphatic hydroxyl groups is 1. The second-order valence-electron chi connectivity index (χ2n) is 5.26. The van der Waals surface area contributed by atoms with Gasteiger partial charge in [0.1, 0.15) is 0 Å². The van der Waals surface area contributed by atoms with Crippen molar-refractivity contribution >= 4 is 10.2 Å². The number of aliphatic hydroxyl groups excluding tert-OH is 1. The molecule has 0 aliphatic carbocycles. The highest BCUT2D eigenvalue weighted by Crippen LogP contribution is 2.19. The van der Waals surface area contributed by atoms with Gasteiger partial charge in [0.15, 0.2) is 0 Å². The lowest BCUT2D eigenvalue weighted by atomic mass is 10.1. The molecule has 8 heteroatoms. The maximum Gasteiger partial charge on any atom is 0.279 e. The zero-order valence-electron chi connectivity index (χ0n) is 12.4. The molecule has 1 unspecified atom stereocenters. The summed E-state index contributed by atoms with van der Waals surface area (Å²) in [4.78, 5) is 2.00. The molecule has 1 atom stereocenters. The Morgan fingerprint density at radius 1 is 1.35 bits per heavy atom. The minimum absolute atomic E-state index is 0.125. The molecule has 0 aromatic carbocycles. The first-order valence-electron chi connectivity index (χ1n) is 7.07. The maximum absolute atomic E-state index is 12.1. The average Bonchev–Trinajstić information content (AvgIpc) is 2.42. The van der Waals surface area contributed by atoms with E-state index in [1.165, 1.54) is 4.31 Å². The first-order valence-corrected chi connectivity index (χ1v) is 8.51. The Hall–Kier alpha value is -0.250. The van der Waals surface area contributed by atoms with E-state index in [1.54, 1.807) is 0 Å². The standard InChI is InChI=1S/C12H27N3O4S/c1-14(2)8-10-19-9-6-13-20(17,18)15-7-4-3-5-12(15)11-16/h12-13,16H,3-11H2,1-2H3. The summed E-state index contributed by atoms with van der Waals surface area (Å²) in [7, 11) is 0.396. The van der Waals surface area contributed by atoms with E-state index < -0.39 is 10.2 Å². The fraction of sp³-hybridized carbons (Fsp3) is 1.00. The summed E-state index contributed by atoms with van der Waals surface area (Å²) < 4.78 is 33.5. The molecule has 1 heterocycles. The molecule has 1 rings (SSSR count). The van der Waals surface area contributed by atoms with Crippen molar-refractivity contribution in [3.05, 3.63) is 0 Å². The number of nitrogens with zero attached hydrogens (tertiary/aromatic N) is 2. The number of nitrogens with one attached hydrogen (secondary N) is 1. The van der Waals surface area contributed by atoms with Crippen LogP contribution in [-0.4, -0.2) is 82.3 Å². The molecule has 0 aromatic rings. The number of piperidine rings is 1. The van der Waals surface area contributed by atoms with E-state index in [0.29, 0.717) is 19.8 Å². The zero-order valence-corrected chi connectivity index (χ0v) is 13.2. The number of ether oxygens (including phenoxy) is 1. The SMILES string of the molecule is CN(C)CCOCCNS(=O)(=O)N1CCCCC1CO. The largest absolute Gasteiger partial charge is 0.395 e. The Balaban J connectivity index is 2.30. The molecule has 20 heavy (non-hydrogen) atoms. The molecule has 7 nitrogen and oxygen atoms in total.